The molecule has 2 aromatic carbocycles. The zero-order valence-electron chi connectivity index (χ0n) is 20.9. The van der Waals surface area contributed by atoms with Gasteiger partial charge in [0.05, 0.1) is 26.1 Å². The number of ether oxygens (including phenoxy) is 2. The molecule has 0 unspecified atom stereocenters. The van der Waals surface area contributed by atoms with Crippen LogP contribution in [-0.2, 0) is 31.9 Å². The molecular weight excluding hydrogens is 484 g/mol. The number of amides is 2. The normalized spacial score (nSPS) is 10.2. The quantitative estimate of drug-likeness (QED) is 0.198. The lowest BCUT2D eigenvalue weighted by Gasteiger charge is -2.04. The van der Waals surface area contributed by atoms with Gasteiger partial charge >= 0.3 is 0 Å². The van der Waals surface area contributed by atoms with E-state index in [0.717, 1.165) is 32.9 Å². The molecule has 9 nitrogen and oxygen atoms in total. The second-order valence-electron chi connectivity index (χ2n) is 8.45. The summed E-state index contributed by atoms with van der Waals surface area (Å²) in [5, 5.41) is 17.0. The molecule has 0 atom stereocenters. The maximum Gasteiger partial charge on any atom is 0.224 e. The van der Waals surface area contributed by atoms with Gasteiger partial charge in [0, 0.05) is 61.5 Å². The van der Waals surface area contributed by atoms with Gasteiger partial charge in [0.1, 0.15) is 5.75 Å². The van der Waals surface area contributed by atoms with E-state index >= 15 is 0 Å². The molecule has 2 amide bonds. The van der Waals surface area contributed by atoms with Gasteiger partial charge in [0.15, 0.2) is 0 Å². The Morgan fingerprint density at radius 3 is 1.76 bits per heavy atom. The highest BCUT2D eigenvalue weighted by molar-refractivity contribution is 5.90. The summed E-state index contributed by atoms with van der Waals surface area (Å²) in [5.41, 5.74) is 5.08. The van der Waals surface area contributed by atoms with E-state index in [-0.39, 0.29) is 38.8 Å². The maximum atomic E-state index is 11.7. The molecular formula is C29H42N4O5. The smallest absolute Gasteiger partial charge is 0.224 e. The molecule has 0 spiro atoms. The van der Waals surface area contributed by atoms with Crippen LogP contribution in [0, 0.1) is 6.92 Å². The average molecular weight is 527 g/mol. The topological polar surface area (TPSA) is 128 Å². The fraction of sp³-hybridized carbons (Fsp3) is 0.379. The van der Waals surface area contributed by atoms with E-state index in [1.807, 2.05) is 12.3 Å². The second-order valence-corrected chi connectivity index (χ2v) is 8.45. The van der Waals surface area contributed by atoms with Gasteiger partial charge in [-0.3, -0.25) is 9.59 Å². The number of H-pyrrole nitrogens is 2. The van der Waals surface area contributed by atoms with Crippen molar-refractivity contribution < 1.29 is 24.2 Å². The largest absolute Gasteiger partial charge is 0.508 e. The highest BCUT2D eigenvalue weighted by atomic mass is 16.5. The third kappa shape index (κ3) is 9.24. The Hall–Kier alpha value is -3.82. The summed E-state index contributed by atoms with van der Waals surface area (Å²) in [6.07, 6.45) is 4.38. The van der Waals surface area contributed by atoms with E-state index in [4.69, 9.17) is 9.47 Å². The monoisotopic (exact) mass is 526 g/mol. The first-order valence-corrected chi connectivity index (χ1v) is 11.8. The number of fused-ring (bicyclic) bond motifs is 2. The minimum absolute atomic E-state index is 0. The Kier molecular flexibility index (Phi) is 13.7. The Bertz CT molecular complexity index is 1190. The van der Waals surface area contributed by atoms with Gasteiger partial charge in [-0.05, 0) is 48.4 Å². The predicted molar refractivity (Wildman–Crippen MR) is 154 cm³/mol. The number of aromatic nitrogens is 2. The van der Waals surface area contributed by atoms with Gasteiger partial charge in [-0.25, -0.2) is 0 Å². The maximum absolute atomic E-state index is 11.7. The number of hydrogen-bond acceptors (Lipinski definition) is 5. The summed E-state index contributed by atoms with van der Waals surface area (Å²) < 4.78 is 9.75. The summed E-state index contributed by atoms with van der Waals surface area (Å²) in [7, 11) is 3.21. The highest BCUT2D eigenvalue weighted by Crippen LogP contribution is 2.23. The first-order valence-electron chi connectivity index (χ1n) is 11.8. The van der Waals surface area contributed by atoms with Gasteiger partial charge in [-0.1, -0.05) is 26.5 Å². The zero-order valence-corrected chi connectivity index (χ0v) is 20.9. The van der Waals surface area contributed by atoms with Crippen LogP contribution in [0.15, 0.2) is 48.8 Å². The van der Waals surface area contributed by atoms with Gasteiger partial charge < -0.3 is 35.2 Å². The number of aryl methyl sites for hydroxylation is 1. The van der Waals surface area contributed by atoms with Crippen molar-refractivity contribution >= 4 is 33.6 Å². The minimum Gasteiger partial charge on any atom is -0.508 e. The van der Waals surface area contributed by atoms with Crippen LogP contribution in [0.4, 0.5) is 0 Å². The van der Waals surface area contributed by atoms with Crippen LogP contribution in [-0.4, -0.2) is 67.4 Å². The molecule has 5 N–H and O–H groups in total. The number of nitrogens with one attached hydrogen (secondary N) is 4. The van der Waals surface area contributed by atoms with Crippen molar-refractivity contribution in [3.8, 4) is 5.75 Å². The molecule has 208 valence electrons. The second kappa shape index (κ2) is 16.1. The standard InChI is InChI=1S/C14H18N2O2.C13H16N2O3.2CH4/c1-10-3-4-13-12(7-10)11(9-16-13)8-14(17)15-5-6-18-2;1-18-5-4-14-13(17)6-9-8-15-12-3-2-10(16)7-11(9)12;;/h3-4,7,9,16H,5-6,8H2,1-2H3,(H,15,17);2-3,7-8,15-16H,4-6H2,1H3,(H,14,17);2*1H4. The molecule has 0 bridgehead atoms. The van der Waals surface area contributed by atoms with Crippen molar-refractivity contribution in [2.45, 2.75) is 34.6 Å². The lowest BCUT2D eigenvalue weighted by atomic mass is 10.1. The molecule has 0 saturated heterocycles. The SMILES string of the molecule is C.C.COCCNC(=O)Cc1c[nH]c2ccc(C)cc12.COCCNC(=O)Cc1c[nH]c2ccc(O)cc12. The van der Waals surface area contributed by atoms with E-state index < -0.39 is 0 Å². The first kappa shape index (κ1) is 32.2. The summed E-state index contributed by atoms with van der Waals surface area (Å²) in [5.74, 6) is 0.161. The van der Waals surface area contributed by atoms with Crippen LogP contribution >= 0.6 is 0 Å². The van der Waals surface area contributed by atoms with E-state index in [1.54, 1.807) is 38.6 Å². The molecule has 0 aliphatic heterocycles. The number of hydrogen-bond donors (Lipinski definition) is 5. The molecule has 0 saturated carbocycles. The minimum atomic E-state index is -0.0590. The number of benzene rings is 2. The molecule has 0 aliphatic rings. The van der Waals surface area contributed by atoms with Gasteiger partial charge in [-0.2, -0.15) is 0 Å². The Balaban J connectivity index is 0.000000361. The zero-order chi connectivity index (χ0) is 25.9. The molecule has 2 aromatic heterocycles. The van der Waals surface area contributed by atoms with E-state index in [2.05, 4.69) is 39.7 Å². The van der Waals surface area contributed by atoms with Crippen molar-refractivity contribution in [2.24, 2.45) is 0 Å². The average Bonchev–Trinajstić information content (AvgIpc) is 3.43. The Morgan fingerprint density at radius 1 is 0.789 bits per heavy atom. The molecule has 0 radical (unpaired) electrons. The number of aromatic amines is 2. The van der Waals surface area contributed by atoms with Crippen LogP contribution in [0.3, 0.4) is 0 Å². The van der Waals surface area contributed by atoms with Crippen LogP contribution in [0.2, 0.25) is 0 Å². The summed E-state index contributed by atoms with van der Waals surface area (Å²) >= 11 is 0. The highest BCUT2D eigenvalue weighted by Gasteiger charge is 2.10. The van der Waals surface area contributed by atoms with E-state index in [1.165, 1.54) is 5.56 Å². The number of phenolic OH excluding ortho intramolecular Hbond substituents is 1. The molecule has 2 heterocycles. The summed E-state index contributed by atoms with van der Waals surface area (Å²) in [4.78, 5) is 29.7. The number of aromatic hydroxyl groups is 1. The summed E-state index contributed by atoms with van der Waals surface area (Å²) in [6, 6.07) is 11.3. The van der Waals surface area contributed by atoms with E-state index in [9.17, 15) is 14.7 Å². The summed E-state index contributed by atoms with van der Waals surface area (Å²) in [6.45, 7) is 4.15. The van der Waals surface area contributed by atoms with Crippen LogP contribution in [0.1, 0.15) is 31.5 Å². The number of carbonyl (C=O) groups excluding carboxylic acids is 2. The Morgan fingerprint density at radius 2 is 1.26 bits per heavy atom. The van der Waals surface area contributed by atoms with Crippen LogP contribution in [0.5, 0.6) is 5.75 Å². The number of carbonyl (C=O) groups is 2. The van der Waals surface area contributed by atoms with Crippen molar-refractivity contribution in [3.63, 3.8) is 0 Å². The number of methoxy groups -OCH3 is 2. The number of phenols is 1. The van der Waals surface area contributed by atoms with Gasteiger partial charge in [-0.15, -0.1) is 0 Å². The van der Waals surface area contributed by atoms with Crippen molar-refractivity contribution in [1.29, 1.82) is 0 Å². The molecule has 0 fully saturated rings. The molecule has 9 heteroatoms. The molecule has 0 aliphatic carbocycles. The fourth-order valence-corrected chi connectivity index (χ4v) is 3.81. The number of rotatable bonds is 10. The lowest BCUT2D eigenvalue weighted by Crippen LogP contribution is -2.28. The lowest BCUT2D eigenvalue weighted by molar-refractivity contribution is -0.121. The van der Waals surface area contributed by atoms with Crippen molar-refractivity contribution in [3.05, 3.63) is 65.5 Å². The fourth-order valence-electron chi connectivity index (χ4n) is 3.81. The van der Waals surface area contributed by atoms with Crippen LogP contribution < -0.4 is 10.6 Å². The van der Waals surface area contributed by atoms with Crippen LogP contribution in [0.25, 0.3) is 21.8 Å². The Labute approximate surface area is 224 Å². The third-order valence-corrected chi connectivity index (χ3v) is 5.63. The van der Waals surface area contributed by atoms with Crippen molar-refractivity contribution in [2.75, 3.05) is 40.5 Å². The third-order valence-electron chi connectivity index (χ3n) is 5.63. The van der Waals surface area contributed by atoms with E-state index in [0.29, 0.717) is 32.7 Å². The van der Waals surface area contributed by atoms with Gasteiger partial charge in [0.2, 0.25) is 11.8 Å². The van der Waals surface area contributed by atoms with Crippen molar-refractivity contribution in [1.82, 2.24) is 20.6 Å². The first-order chi connectivity index (χ1) is 17.4. The van der Waals surface area contributed by atoms with Gasteiger partial charge in [0.25, 0.3) is 0 Å². The predicted octanol–water partition coefficient (Wildman–Crippen LogP) is 4.23. The molecule has 38 heavy (non-hydrogen) atoms. The molecule has 4 aromatic rings. The molecule has 4 rings (SSSR count).